The molecule has 28 heavy (non-hydrogen) atoms. The Kier molecular flexibility index (Phi) is 4.15. The third kappa shape index (κ3) is 2.45. The van der Waals surface area contributed by atoms with Crippen molar-refractivity contribution in [2.75, 3.05) is 13.1 Å². The predicted octanol–water partition coefficient (Wildman–Crippen LogP) is 4.50. The highest BCUT2D eigenvalue weighted by atomic mass is 16.6. The minimum atomic E-state index is -0.0374. The molecule has 4 heteroatoms. The van der Waals surface area contributed by atoms with Gasteiger partial charge in [0.05, 0.1) is 5.71 Å². The Bertz CT molecular complexity index is 750. The van der Waals surface area contributed by atoms with Crippen molar-refractivity contribution in [3.63, 3.8) is 0 Å². The Balaban J connectivity index is 1.45. The van der Waals surface area contributed by atoms with E-state index in [2.05, 4.69) is 44.2 Å². The van der Waals surface area contributed by atoms with Crippen LogP contribution in [0.15, 0.2) is 16.8 Å². The lowest BCUT2D eigenvalue weighted by molar-refractivity contribution is -0.131. The van der Waals surface area contributed by atoms with Crippen LogP contribution in [-0.4, -0.2) is 30.7 Å². The van der Waals surface area contributed by atoms with Crippen molar-refractivity contribution in [2.45, 2.75) is 78.7 Å². The number of allylic oxidation sites excluding steroid dienone is 2. The fourth-order valence-corrected chi connectivity index (χ4v) is 7.63. The van der Waals surface area contributed by atoms with Gasteiger partial charge in [-0.15, -0.1) is 0 Å². The van der Waals surface area contributed by atoms with Crippen LogP contribution in [0.5, 0.6) is 0 Å². The number of Topliss-reactive ketones (excluding diaryl/α,β-unsaturated/α-hetero) is 1. The molecule has 0 spiro atoms. The van der Waals surface area contributed by atoms with Gasteiger partial charge in [0, 0.05) is 30.3 Å². The summed E-state index contributed by atoms with van der Waals surface area (Å²) in [5.41, 5.74) is 3.00. The first-order valence-corrected chi connectivity index (χ1v) is 11.4. The fourth-order valence-electron chi connectivity index (χ4n) is 7.63. The number of hydrogen-bond acceptors (Lipinski definition) is 4. The predicted molar refractivity (Wildman–Crippen MR) is 111 cm³/mol. The molecule has 5 atom stereocenters. The van der Waals surface area contributed by atoms with Gasteiger partial charge in [-0.1, -0.05) is 44.5 Å². The molecule has 0 aromatic heterocycles. The monoisotopic (exact) mass is 384 g/mol. The summed E-state index contributed by atoms with van der Waals surface area (Å²) in [6.07, 6.45) is 10.4. The maximum Gasteiger partial charge on any atom is 0.152 e. The van der Waals surface area contributed by atoms with Gasteiger partial charge in [-0.3, -0.25) is 4.79 Å². The van der Waals surface area contributed by atoms with Crippen LogP contribution in [0.2, 0.25) is 0 Å². The van der Waals surface area contributed by atoms with Gasteiger partial charge in [-0.2, -0.15) is 0 Å². The molecule has 0 aromatic carbocycles. The summed E-state index contributed by atoms with van der Waals surface area (Å²) in [7, 11) is 0. The molecule has 0 radical (unpaired) electrons. The highest BCUT2D eigenvalue weighted by molar-refractivity contribution is 5.93. The molecule has 5 rings (SSSR count). The number of nitrogens with zero attached hydrogens (tertiary/aromatic N) is 1. The van der Waals surface area contributed by atoms with E-state index in [0.717, 1.165) is 45.2 Å². The van der Waals surface area contributed by atoms with Crippen LogP contribution in [-0.2, 0) is 9.63 Å². The molecule has 0 bridgehead atoms. The number of fused-ring (bicyclic) bond motifs is 5. The third-order valence-corrected chi connectivity index (χ3v) is 9.51. The third-order valence-electron chi connectivity index (χ3n) is 9.51. The molecule has 4 nitrogen and oxygen atoms in total. The van der Waals surface area contributed by atoms with Crippen LogP contribution in [0.4, 0.5) is 0 Å². The molecular weight excluding hydrogens is 348 g/mol. The van der Waals surface area contributed by atoms with Crippen LogP contribution in [0, 0.1) is 34.0 Å². The average molecular weight is 385 g/mol. The van der Waals surface area contributed by atoms with E-state index in [9.17, 15) is 4.79 Å². The molecular formula is C24H36N2O2. The summed E-state index contributed by atoms with van der Waals surface area (Å²) in [4.78, 5) is 18.4. The number of rotatable bonds is 2. The van der Waals surface area contributed by atoms with Crippen molar-refractivity contribution in [3.8, 4) is 0 Å². The molecule has 0 aromatic rings. The summed E-state index contributed by atoms with van der Waals surface area (Å²) in [5.74, 6) is 2.54. The van der Waals surface area contributed by atoms with Crippen molar-refractivity contribution < 1.29 is 9.63 Å². The maximum atomic E-state index is 12.6. The van der Waals surface area contributed by atoms with Crippen LogP contribution >= 0.6 is 0 Å². The smallest absolute Gasteiger partial charge is 0.152 e. The lowest BCUT2D eigenvalue weighted by Crippen LogP contribution is -2.53. The number of hydrogen-bond donors (Lipinski definition) is 1. The second-order valence-electron chi connectivity index (χ2n) is 11.1. The van der Waals surface area contributed by atoms with Crippen molar-refractivity contribution in [1.82, 2.24) is 5.32 Å². The van der Waals surface area contributed by atoms with E-state index in [0.29, 0.717) is 23.5 Å². The fraction of sp³-hybridized carbons (Fsp3) is 0.833. The molecule has 4 fully saturated rings. The molecule has 1 saturated heterocycles. The summed E-state index contributed by atoms with van der Waals surface area (Å²) in [5, 5.41) is 7.90. The van der Waals surface area contributed by atoms with Gasteiger partial charge in [0.1, 0.15) is 5.78 Å². The topological polar surface area (TPSA) is 50.7 Å². The van der Waals surface area contributed by atoms with E-state index in [4.69, 9.17) is 4.84 Å². The SMILES string of the molecule is CC1(C)C2=CC[C@@H]3[C@H](CC[C@]4(C)C(=O)CC[C@@H]34)[C@@]2(C)CC/C1=N\OC1CNC1. The number of oxime groups is 1. The lowest BCUT2D eigenvalue weighted by Gasteiger charge is -2.59. The van der Waals surface area contributed by atoms with Gasteiger partial charge in [0.15, 0.2) is 6.10 Å². The Morgan fingerprint density at radius 3 is 2.50 bits per heavy atom. The van der Waals surface area contributed by atoms with Gasteiger partial charge in [-0.05, 0) is 61.7 Å². The molecule has 5 aliphatic rings. The number of carbonyl (C=O) groups excluding carboxylic acids is 1. The quantitative estimate of drug-likeness (QED) is 0.563. The molecule has 0 amide bonds. The summed E-state index contributed by atoms with van der Waals surface area (Å²) in [6.45, 7) is 11.3. The minimum Gasteiger partial charge on any atom is -0.390 e. The second kappa shape index (κ2) is 6.17. The van der Waals surface area contributed by atoms with Crippen LogP contribution < -0.4 is 5.32 Å². The number of nitrogens with one attached hydrogen (secondary N) is 1. The van der Waals surface area contributed by atoms with E-state index in [1.165, 1.54) is 18.6 Å². The minimum absolute atomic E-state index is 0.0264. The Morgan fingerprint density at radius 2 is 1.79 bits per heavy atom. The Hall–Kier alpha value is -1.16. The highest BCUT2D eigenvalue weighted by Crippen LogP contribution is 2.66. The molecule has 1 N–H and O–H groups in total. The molecule has 154 valence electrons. The first-order chi connectivity index (χ1) is 13.3. The van der Waals surface area contributed by atoms with Gasteiger partial charge >= 0.3 is 0 Å². The average Bonchev–Trinajstić information content (AvgIpc) is 2.90. The van der Waals surface area contributed by atoms with Gasteiger partial charge in [0.25, 0.3) is 0 Å². The normalized spacial score (nSPS) is 46.3. The largest absolute Gasteiger partial charge is 0.390 e. The molecule has 1 heterocycles. The zero-order valence-corrected chi connectivity index (χ0v) is 18.0. The zero-order chi connectivity index (χ0) is 19.7. The summed E-state index contributed by atoms with van der Waals surface area (Å²) in [6, 6.07) is 0. The van der Waals surface area contributed by atoms with Crippen molar-refractivity contribution >= 4 is 11.5 Å². The summed E-state index contributed by atoms with van der Waals surface area (Å²) >= 11 is 0. The molecule has 1 aliphatic heterocycles. The lowest BCUT2D eigenvalue weighted by atomic mass is 9.45. The van der Waals surface area contributed by atoms with E-state index in [1.54, 1.807) is 5.57 Å². The standard InChI is InChI=1S/C24H36N2O2/c1-22(2)19-7-5-16-17-6-8-21(27)24(17,4)11-9-18(16)23(19,3)12-10-20(22)26-28-15-13-25-14-15/h7,15-18,25H,5-6,8-14H2,1-4H3/b26-20+/t16-,17-,18-,23+,24-/m0/s1. The molecule has 3 saturated carbocycles. The van der Waals surface area contributed by atoms with Gasteiger partial charge in [-0.25, -0.2) is 0 Å². The van der Waals surface area contributed by atoms with Crippen molar-refractivity contribution in [2.24, 2.45) is 39.2 Å². The Morgan fingerprint density at radius 1 is 1.04 bits per heavy atom. The van der Waals surface area contributed by atoms with E-state index in [-0.39, 0.29) is 22.3 Å². The molecule has 4 aliphatic carbocycles. The highest BCUT2D eigenvalue weighted by Gasteiger charge is 2.60. The maximum absolute atomic E-state index is 12.6. The first kappa shape index (κ1) is 18.8. The number of carbonyl (C=O) groups is 1. The van der Waals surface area contributed by atoms with Crippen molar-refractivity contribution in [1.29, 1.82) is 0 Å². The van der Waals surface area contributed by atoms with Gasteiger partial charge in [0.2, 0.25) is 0 Å². The van der Waals surface area contributed by atoms with Crippen LogP contribution in [0.3, 0.4) is 0 Å². The van der Waals surface area contributed by atoms with E-state index < -0.39 is 0 Å². The van der Waals surface area contributed by atoms with Crippen LogP contribution in [0.25, 0.3) is 0 Å². The van der Waals surface area contributed by atoms with Crippen LogP contribution in [0.1, 0.15) is 72.6 Å². The number of ketones is 1. The van der Waals surface area contributed by atoms with E-state index >= 15 is 0 Å². The molecule has 0 unspecified atom stereocenters. The van der Waals surface area contributed by atoms with Crippen molar-refractivity contribution in [3.05, 3.63) is 11.6 Å². The second-order valence-corrected chi connectivity index (χ2v) is 11.1. The zero-order valence-electron chi connectivity index (χ0n) is 18.0. The first-order valence-electron chi connectivity index (χ1n) is 11.4. The van der Waals surface area contributed by atoms with Gasteiger partial charge < -0.3 is 10.2 Å². The Labute approximate surface area is 169 Å². The van der Waals surface area contributed by atoms with E-state index in [1.807, 2.05) is 0 Å². The summed E-state index contributed by atoms with van der Waals surface area (Å²) < 4.78 is 0.